The summed E-state index contributed by atoms with van der Waals surface area (Å²) in [6, 6.07) is 9.40. The number of aromatic nitrogens is 5. The van der Waals surface area contributed by atoms with Crippen LogP contribution >= 0.6 is 0 Å². The Morgan fingerprint density at radius 1 is 1.25 bits per heavy atom. The molecule has 122 valence electrons. The van der Waals surface area contributed by atoms with E-state index in [0.717, 1.165) is 36.7 Å². The highest BCUT2D eigenvalue weighted by atomic mass is 16.1. The summed E-state index contributed by atoms with van der Waals surface area (Å²) in [6.45, 7) is 2.67. The molecule has 0 radical (unpaired) electrons. The summed E-state index contributed by atoms with van der Waals surface area (Å²) in [6.07, 6.45) is 5.32. The van der Waals surface area contributed by atoms with Crippen LogP contribution in [0.15, 0.2) is 42.7 Å². The molecule has 0 saturated carbocycles. The molecule has 1 amide bonds. The van der Waals surface area contributed by atoms with Crippen molar-refractivity contribution in [1.82, 2.24) is 29.9 Å². The Morgan fingerprint density at radius 2 is 2.08 bits per heavy atom. The third kappa shape index (κ3) is 2.68. The number of carbonyl (C=O) groups excluding carboxylic acids is 1. The molecule has 1 N–H and O–H groups in total. The molecule has 4 rings (SSSR count). The van der Waals surface area contributed by atoms with Gasteiger partial charge in [0.15, 0.2) is 0 Å². The minimum atomic E-state index is -0.0545. The maximum Gasteiger partial charge on any atom is 0.251 e. The van der Waals surface area contributed by atoms with Crippen LogP contribution in [0.4, 0.5) is 0 Å². The number of nitrogens with zero attached hydrogens (tertiary/aromatic N) is 5. The molecule has 24 heavy (non-hydrogen) atoms. The summed E-state index contributed by atoms with van der Waals surface area (Å²) < 4.78 is 3.84. The number of nitrogens with one attached hydrogen (secondary N) is 1. The number of rotatable bonds is 3. The van der Waals surface area contributed by atoms with E-state index in [2.05, 4.69) is 25.2 Å². The van der Waals surface area contributed by atoms with Crippen LogP contribution in [-0.4, -0.2) is 36.5 Å². The van der Waals surface area contributed by atoms with E-state index in [1.165, 1.54) is 0 Å². The van der Waals surface area contributed by atoms with Gasteiger partial charge in [0.2, 0.25) is 0 Å². The number of fused-ring (bicyclic) bond motifs is 1. The number of amides is 1. The van der Waals surface area contributed by atoms with Crippen molar-refractivity contribution in [3.05, 3.63) is 59.9 Å². The van der Waals surface area contributed by atoms with Crippen LogP contribution in [0.25, 0.3) is 5.69 Å². The van der Waals surface area contributed by atoms with E-state index < -0.39 is 0 Å². The third-order valence-corrected chi connectivity index (χ3v) is 4.37. The molecule has 0 saturated heterocycles. The lowest BCUT2D eigenvalue weighted by Crippen LogP contribution is -2.41. The zero-order valence-corrected chi connectivity index (χ0v) is 13.4. The Labute approximate surface area is 139 Å². The van der Waals surface area contributed by atoms with E-state index in [-0.39, 0.29) is 11.9 Å². The molecule has 0 fully saturated rings. The van der Waals surface area contributed by atoms with Gasteiger partial charge in [0.25, 0.3) is 5.91 Å². The van der Waals surface area contributed by atoms with Gasteiger partial charge in [-0.05, 0) is 43.7 Å². The normalized spacial score (nSPS) is 16.6. The molecule has 7 heteroatoms. The maximum absolute atomic E-state index is 12.5. The summed E-state index contributed by atoms with van der Waals surface area (Å²) in [5, 5.41) is 15.5. The predicted octanol–water partition coefficient (Wildman–Crippen LogP) is 1.52. The van der Waals surface area contributed by atoms with E-state index in [1.54, 1.807) is 10.9 Å². The van der Waals surface area contributed by atoms with Gasteiger partial charge in [0.1, 0.15) is 11.6 Å². The van der Waals surface area contributed by atoms with E-state index in [0.29, 0.717) is 5.56 Å². The van der Waals surface area contributed by atoms with Crippen LogP contribution in [0.1, 0.15) is 28.4 Å². The highest BCUT2D eigenvalue weighted by Gasteiger charge is 2.23. The molecular formula is C17H18N6O. The SMILES string of the molecule is Cc1nnc2n1C[C@H](NC(=O)c1ccc(-n3cccn3)cc1)CC2. The largest absolute Gasteiger partial charge is 0.347 e. The van der Waals surface area contributed by atoms with Crippen molar-refractivity contribution in [3.8, 4) is 5.69 Å². The fourth-order valence-corrected chi connectivity index (χ4v) is 3.04. The second-order valence-electron chi connectivity index (χ2n) is 5.98. The van der Waals surface area contributed by atoms with Gasteiger partial charge in [-0.15, -0.1) is 10.2 Å². The van der Waals surface area contributed by atoms with Crippen molar-refractivity contribution >= 4 is 5.91 Å². The predicted molar refractivity (Wildman–Crippen MR) is 87.9 cm³/mol. The van der Waals surface area contributed by atoms with E-state index in [4.69, 9.17) is 0 Å². The highest BCUT2D eigenvalue weighted by molar-refractivity contribution is 5.94. The molecule has 2 aromatic heterocycles. The van der Waals surface area contributed by atoms with Crippen LogP contribution in [0, 0.1) is 6.92 Å². The van der Waals surface area contributed by atoms with Crippen molar-refractivity contribution in [2.45, 2.75) is 32.4 Å². The average Bonchev–Trinajstić information content (AvgIpc) is 3.26. The molecule has 1 aliphatic rings. The minimum absolute atomic E-state index is 0.0545. The van der Waals surface area contributed by atoms with E-state index in [1.807, 2.05) is 43.5 Å². The number of benzene rings is 1. The molecule has 1 atom stereocenters. The lowest BCUT2D eigenvalue weighted by Gasteiger charge is -2.25. The van der Waals surface area contributed by atoms with Gasteiger partial charge in [-0.3, -0.25) is 4.79 Å². The van der Waals surface area contributed by atoms with Crippen LogP contribution < -0.4 is 5.32 Å². The number of hydrogen-bond donors (Lipinski definition) is 1. The molecular weight excluding hydrogens is 304 g/mol. The molecule has 7 nitrogen and oxygen atoms in total. The number of carbonyl (C=O) groups is 1. The fourth-order valence-electron chi connectivity index (χ4n) is 3.04. The number of hydrogen-bond acceptors (Lipinski definition) is 4. The van der Waals surface area contributed by atoms with Crippen molar-refractivity contribution in [2.75, 3.05) is 0 Å². The lowest BCUT2D eigenvalue weighted by molar-refractivity contribution is 0.0927. The Kier molecular flexibility index (Phi) is 3.60. The van der Waals surface area contributed by atoms with Gasteiger partial charge in [-0.2, -0.15) is 5.10 Å². The van der Waals surface area contributed by atoms with Crippen LogP contribution in [0.2, 0.25) is 0 Å². The van der Waals surface area contributed by atoms with Gasteiger partial charge in [0, 0.05) is 37.0 Å². The first-order chi connectivity index (χ1) is 11.7. The zero-order chi connectivity index (χ0) is 16.5. The van der Waals surface area contributed by atoms with Crippen molar-refractivity contribution in [1.29, 1.82) is 0 Å². The Bertz CT molecular complexity index is 850. The molecule has 1 aromatic carbocycles. The Morgan fingerprint density at radius 3 is 2.83 bits per heavy atom. The molecule has 3 heterocycles. The maximum atomic E-state index is 12.5. The highest BCUT2D eigenvalue weighted by Crippen LogP contribution is 2.15. The first kappa shape index (κ1) is 14.6. The molecule has 0 spiro atoms. The molecule has 0 bridgehead atoms. The van der Waals surface area contributed by atoms with Crippen LogP contribution in [0.5, 0.6) is 0 Å². The summed E-state index contributed by atoms with van der Waals surface area (Å²) in [5.41, 5.74) is 1.58. The summed E-state index contributed by atoms with van der Waals surface area (Å²) >= 11 is 0. The second kappa shape index (κ2) is 5.92. The Hall–Kier alpha value is -2.96. The van der Waals surface area contributed by atoms with Crippen molar-refractivity contribution in [3.63, 3.8) is 0 Å². The standard InChI is InChI=1S/C17H18N6O/c1-12-20-21-16-8-5-14(11-22(12)16)19-17(24)13-3-6-15(7-4-13)23-10-2-9-18-23/h2-4,6-7,9-10,14H,5,8,11H2,1H3,(H,19,24)/t14-/m1/s1. The van der Waals surface area contributed by atoms with Gasteiger partial charge < -0.3 is 9.88 Å². The number of aryl methyl sites for hydroxylation is 2. The first-order valence-electron chi connectivity index (χ1n) is 8.00. The molecule has 0 aliphatic carbocycles. The van der Waals surface area contributed by atoms with Crippen LogP contribution in [-0.2, 0) is 13.0 Å². The molecule has 1 aliphatic heterocycles. The fraction of sp³-hybridized carbons (Fsp3) is 0.294. The minimum Gasteiger partial charge on any atom is -0.347 e. The van der Waals surface area contributed by atoms with Crippen molar-refractivity contribution < 1.29 is 4.79 Å². The Balaban J connectivity index is 1.44. The van der Waals surface area contributed by atoms with Gasteiger partial charge in [-0.25, -0.2) is 4.68 Å². The van der Waals surface area contributed by atoms with Crippen molar-refractivity contribution in [2.24, 2.45) is 0 Å². The summed E-state index contributed by atoms with van der Waals surface area (Å²) in [4.78, 5) is 12.5. The smallest absolute Gasteiger partial charge is 0.251 e. The van der Waals surface area contributed by atoms with E-state index in [9.17, 15) is 4.79 Å². The van der Waals surface area contributed by atoms with Gasteiger partial charge in [0.05, 0.1) is 5.69 Å². The van der Waals surface area contributed by atoms with Crippen LogP contribution in [0.3, 0.4) is 0 Å². The quantitative estimate of drug-likeness (QED) is 0.793. The van der Waals surface area contributed by atoms with Gasteiger partial charge >= 0.3 is 0 Å². The first-order valence-corrected chi connectivity index (χ1v) is 8.00. The topological polar surface area (TPSA) is 77.6 Å². The third-order valence-electron chi connectivity index (χ3n) is 4.37. The monoisotopic (exact) mass is 322 g/mol. The molecule has 0 unspecified atom stereocenters. The zero-order valence-electron chi connectivity index (χ0n) is 13.4. The molecule has 3 aromatic rings. The van der Waals surface area contributed by atoms with Gasteiger partial charge in [-0.1, -0.05) is 0 Å². The summed E-state index contributed by atoms with van der Waals surface area (Å²) in [5.74, 6) is 1.84. The van der Waals surface area contributed by atoms with E-state index >= 15 is 0 Å². The second-order valence-corrected chi connectivity index (χ2v) is 5.98. The summed E-state index contributed by atoms with van der Waals surface area (Å²) in [7, 11) is 0. The lowest BCUT2D eigenvalue weighted by atomic mass is 10.1. The average molecular weight is 322 g/mol.